The van der Waals surface area contributed by atoms with E-state index in [2.05, 4.69) is 5.32 Å². The van der Waals surface area contributed by atoms with E-state index in [1.54, 1.807) is 10.3 Å². The Kier molecular flexibility index (Phi) is 5.03. The van der Waals surface area contributed by atoms with Crippen LogP contribution in [0.2, 0.25) is 0 Å². The fourth-order valence-electron chi connectivity index (χ4n) is 2.39. The van der Waals surface area contributed by atoms with Crippen molar-refractivity contribution >= 4 is 27.3 Å². The molecule has 0 radical (unpaired) electrons. The van der Waals surface area contributed by atoms with E-state index in [0.717, 1.165) is 17.1 Å². The van der Waals surface area contributed by atoms with Gasteiger partial charge in [-0.15, -0.1) is 11.3 Å². The number of thiophene rings is 1. The first kappa shape index (κ1) is 16.4. The van der Waals surface area contributed by atoms with Crippen LogP contribution < -0.4 is 5.32 Å². The smallest absolute Gasteiger partial charge is 0.265 e. The van der Waals surface area contributed by atoms with Gasteiger partial charge in [-0.25, -0.2) is 12.7 Å². The molecule has 1 saturated heterocycles. The summed E-state index contributed by atoms with van der Waals surface area (Å²) in [6.45, 7) is 1.30. The summed E-state index contributed by atoms with van der Waals surface area (Å²) in [5.41, 5.74) is 0. The predicted molar refractivity (Wildman–Crippen MR) is 83.2 cm³/mol. The van der Waals surface area contributed by atoms with Gasteiger partial charge < -0.3 is 10.2 Å². The van der Waals surface area contributed by atoms with Gasteiger partial charge in [-0.1, -0.05) is 0 Å². The van der Waals surface area contributed by atoms with Crippen LogP contribution in [-0.4, -0.2) is 63.8 Å². The Labute approximate surface area is 129 Å². The molecule has 8 heteroatoms. The highest BCUT2D eigenvalue weighted by Gasteiger charge is 2.30. The van der Waals surface area contributed by atoms with Gasteiger partial charge in [0.2, 0.25) is 10.0 Å². The maximum absolute atomic E-state index is 12.6. The van der Waals surface area contributed by atoms with E-state index in [-0.39, 0.29) is 16.8 Å². The minimum Gasteiger partial charge on any atom is -0.336 e. The van der Waals surface area contributed by atoms with Crippen molar-refractivity contribution in [3.05, 3.63) is 16.3 Å². The number of hydrogen-bond acceptors (Lipinski definition) is 5. The zero-order valence-electron chi connectivity index (χ0n) is 12.5. The summed E-state index contributed by atoms with van der Waals surface area (Å²) in [5.74, 6) is -0.189. The Morgan fingerprint density at radius 3 is 2.81 bits per heavy atom. The van der Waals surface area contributed by atoms with Crippen molar-refractivity contribution in [3.63, 3.8) is 0 Å². The average molecular weight is 331 g/mol. The number of amides is 1. The number of likely N-dealkylation sites (tertiary alicyclic amines) is 1. The number of hydrogen-bond donors (Lipinski definition) is 1. The van der Waals surface area contributed by atoms with Crippen LogP contribution in [0.15, 0.2) is 16.3 Å². The number of piperidine rings is 1. The Morgan fingerprint density at radius 2 is 2.19 bits per heavy atom. The maximum Gasteiger partial charge on any atom is 0.265 e. The minimum atomic E-state index is -3.59. The number of carbonyl (C=O) groups is 1. The van der Waals surface area contributed by atoms with Gasteiger partial charge in [-0.2, -0.15) is 0 Å². The SMILES string of the molecule is CNC1CCCN(C(=O)c2sccc2S(=O)(=O)N(C)C)C1. The molecule has 0 bridgehead atoms. The fraction of sp³-hybridized carbons (Fsp3) is 0.615. The lowest BCUT2D eigenvalue weighted by Gasteiger charge is -2.32. The molecule has 1 aliphatic rings. The highest BCUT2D eigenvalue weighted by Crippen LogP contribution is 2.26. The number of sulfonamides is 1. The standard InChI is InChI=1S/C13H21N3O3S2/c1-14-10-5-4-7-16(9-10)13(17)12-11(6-8-20-12)21(18,19)15(2)3/h6,8,10,14H,4-5,7,9H2,1-3H3. The van der Waals surface area contributed by atoms with E-state index in [4.69, 9.17) is 0 Å². The quantitative estimate of drug-likeness (QED) is 0.887. The van der Waals surface area contributed by atoms with Crippen molar-refractivity contribution < 1.29 is 13.2 Å². The number of nitrogens with zero attached hydrogens (tertiary/aromatic N) is 2. The Bertz CT molecular complexity index is 610. The second-order valence-corrected chi connectivity index (χ2v) is 8.32. The molecule has 0 spiro atoms. The molecular formula is C13H21N3O3S2. The van der Waals surface area contributed by atoms with Crippen LogP contribution in [0, 0.1) is 0 Å². The van der Waals surface area contributed by atoms with E-state index in [9.17, 15) is 13.2 Å². The van der Waals surface area contributed by atoms with E-state index in [1.165, 1.54) is 31.5 Å². The van der Waals surface area contributed by atoms with Crippen LogP contribution in [0.5, 0.6) is 0 Å². The molecule has 6 nitrogen and oxygen atoms in total. The van der Waals surface area contributed by atoms with Crippen LogP contribution in [0.4, 0.5) is 0 Å². The third kappa shape index (κ3) is 3.28. The zero-order chi connectivity index (χ0) is 15.6. The van der Waals surface area contributed by atoms with Crippen LogP contribution >= 0.6 is 11.3 Å². The van der Waals surface area contributed by atoms with Gasteiger partial charge in [0.1, 0.15) is 9.77 Å². The van der Waals surface area contributed by atoms with Gasteiger partial charge in [-0.3, -0.25) is 4.79 Å². The lowest BCUT2D eigenvalue weighted by molar-refractivity contribution is 0.0699. The van der Waals surface area contributed by atoms with Crippen LogP contribution in [0.25, 0.3) is 0 Å². The molecule has 118 valence electrons. The molecule has 1 amide bonds. The van der Waals surface area contributed by atoms with E-state index < -0.39 is 10.0 Å². The van der Waals surface area contributed by atoms with Gasteiger partial charge in [0.25, 0.3) is 5.91 Å². The second kappa shape index (κ2) is 6.43. The third-order valence-electron chi connectivity index (χ3n) is 3.70. The molecule has 0 saturated carbocycles. The predicted octanol–water partition coefficient (Wildman–Crippen LogP) is 0.822. The first-order valence-electron chi connectivity index (χ1n) is 6.84. The van der Waals surface area contributed by atoms with Crippen molar-refractivity contribution in [3.8, 4) is 0 Å². The number of likely N-dealkylation sites (N-methyl/N-ethyl adjacent to an activating group) is 1. The molecule has 1 fully saturated rings. The van der Waals surface area contributed by atoms with Crippen molar-refractivity contribution in [2.75, 3.05) is 34.2 Å². The van der Waals surface area contributed by atoms with Gasteiger partial charge in [0.15, 0.2) is 0 Å². The Hall–Kier alpha value is -0.960. The summed E-state index contributed by atoms with van der Waals surface area (Å²) in [4.78, 5) is 14.8. The van der Waals surface area contributed by atoms with Crippen molar-refractivity contribution in [2.24, 2.45) is 0 Å². The minimum absolute atomic E-state index is 0.106. The first-order chi connectivity index (χ1) is 9.87. The van der Waals surface area contributed by atoms with Crippen molar-refractivity contribution in [1.29, 1.82) is 0 Å². The molecule has 1 unspecified atom stereocenters. The molecule has 1 aliphatic heterocycles. The zero-order valence-corrected chi connectivity index (χ0v) is 14.1. The van der Waals surface area contributed by atoms with E-state index >= 15 is 0 Å². The summed E-state index contributed by atoms with van der Waals surface area (Å²) in [6.07, 6.45) is 1.96. The Morgan fingerprint density at radius 1 is 1.48 bits per heavy atom. The van der Waals surface area contributed by atoms with Gasteiger partial charge >= 0.3 is 0 Å². The van der Waals surface area contributed by atoms with Gasteiger partial charge in [-0.05, 0) is 31.3 Å². The Balaban J connectivity index is 2.27. The van der Waals surface area contributed by atoms with E-state index in [1.807, 2.05) is 7.05 Å². The molecule has 0 aromatic carbocycles. The summed E-state index contributed by atoms with van der Waals surface area (Å²) >= 11 is 1.19. The van der Waals surface area contributed by atoms with Crippen LogP contribution in [0.3, 0.4) is 0 Å². The summed E-state index contributed by atoms with van der Waals surface area (Å²) in [5, 5.41) is 4.84. The summed E-state index contributed by atoms with van der Waals surface area (Å²) in [7, 11) is 1.24. The van der Waals surface area contributed by atoms with E-state index in [0.29, 0.717) is 18.0 Å². The molecule has 21 heavy (non-hydrogen) atoms. The van der Waals surface area contributed by atoms with Crippen molar-refractivity contribution in [1.82, 2.24) is 14.5 Å². The fourth-order valence-corrected chi connectivity index (χ4v) is 4.65. The molecule has 0 aliphatic carbocycles. The van der Waals surface area contributed by atoms with Crippen LogP contribution in [0.1, 0.15) is 22.5 Å². The molecular weight excluding hydrogens is 310 g/mol. The highest BCUT2D eigenvalue weighted by molar-refractivity contribution is 7.89. The first-order valence-corrected chi connectivity index (χ1v) is 9.16. The van der Waals surface area contributed by atoms with Gasteiger partial charge in [0, 0.05) is 33.2 Å². The number of nitrogens with one attached hydrogen (secondary N) is 1. The number of rotatable bonds is 4. The topological polar surface area (TPSA) is 69.7 Å². The molecule has 2 heterocycles. The molecule has 1 N–H and O–H groups in total. The third-order valence-corrected chi connectivity index (χ3v) is 6.59. The molecule has 2 rings (SSSR count). The largest absolute Gasteiger partial charge is 0.336 e. The lowest BCUT2D eigenvalue weighted by atomic mass is 10.1. The maximum atomic E-state index is 12.6. The molecule has 1 aromatic heterocycles. The lowest BCUT2D eigenvalue weighted by Crippen LogP contribution is -2.47. The monoisotopic (exact) mass is 331 g/mol. The highest BCUT2D eigenvalue weighted by atomic mass is 32.2. The van der Waals surface area contributed by atoms with Crippen LogP contribution in [-0.2, 0) is 10.0 Å². The van der Waals surface area contributed by atoms with Crippen molar-refractivity contribution in [2.45, 2.75) is 23.8 Å². The number of carbonyl (C=O) groups excluding carboxylic acids is 1. The van der Waals surface area contributed by atoms with Gasteiger partial charge in [0.05, 0.1) is 0 Å². The average Bonchev–Trinajstić information content (AvgIpc) is 2.96. The molecule has 1 aromatic rings. The normalized spacial score (nSPS) is 20.0. The summed E-state index contributed by atoms with van der Waals surface area (Å²) < 4.78 is 25.7. The second-order valence-electron chi connectivity index (χ2n) is 5.28. The summed E-state index contributed by atoms with van der Waals surface area (Å²) in [6, 6.07) is 1.78. The molecule has 1 atom stereocenters.